The molecule has 41 heavy (non-hydrogen) atoms. The second-order valence-electron chi connectivity index (χ2n) is 10.8. The van der Waals surface area contributed by atoms with Gasteiger partial charge in [-0.1, -0.05) is 0 Å². The Kier molecular flexibility index (Phi) is 12.3. The molecule has 0 radical (unpaired) electrons. The molecule has 0 fully saturated rings. The van der Waals surface area contributed by atoms with E-state index >= 15 is 0 Å². The van der Waals surface area contributed by atoms with Crippen molar-refractivity contribution in [3.05, 3.63) is 59.7 Å². The largest absolute Gasteiger partial charge is 0.576 e. The van der Waals surface area contributed by atoms with Crippen LogP contribution < -0.4 is 30.6 Å². The summed E-state index contributed by atoms with van der Waals surface area (Å²) in [5.74, 6) is 0.428. The Morgan fingerprint density at radius 3 is 1.20 bits per heavy atom. The molecule has 0 heterocycles. The van der Waals surface area contributed by atoms with E-state index in [1.54, 1.807) is 90.1 Å². The van der Waals surface area contributed by atoms with Gasteiger partial charge in [-0.05, 0) is 90.1 Å². The minimum absolute atomic E-state index is 0.0796. The third-order valence-electron chi connectivity index (χ3n) is 4.84. The van der Waals surface area contributed by atoms with E-state index in [1.807, 2.05) is 0 Å². The van der Waals surface area contributed by atoms with Crippen LogP contribution in [0.1, 0.15) is 62.3 Å². The van der Waals surface area contributed by atoms with Crippen molar-refractivity contribution >= 4 is 31.7 Å². The van der Waals surface area contributed by atoms with Crippen LogP contribution in [0.25, 0.3) is 0 Å². The van der Waals surface area contributed by atoms with Gasteiger partial charge in [0.25, 0.3) is 11.8 Å². The monoisotopic (exact) mass is 570 g/mol. The molecule has 222 valence electrons. The molecule has 2 rings (SSSR count). The lowest BCUT2D eigenvalue weighted by Crippen LogP contribution is -2.37. The van der Waals surface area contributed by atoms with Gasteiger partial charge in [0, 0.05) is 37.3 Å². The molecule has 0 atom stereocenters. The van der Waals surface area contributed by atoms with Gasteiger partial charge in [-0.3, -0.25) is 9.59 Å². The zero-order valence-electron chi connectivity index (χ0n) is 24.4. The lowest BCUT2D eigenvalue weighted by Gasteiger charge is -2.19. The van der Waals surface area contributed by atoms with Crippen LogP contribution in [0.15, 0.2) is 48.5 Å². The average molecular weight is 570 g/mol. The molecule has 4 amide bonds. The van der Waals surface area contributed by atoms with Gasteiger partial charge in [0.1, 0.15) is 22.7 Å². The van der Waals surface area contributed by atoms with Gasteiger partial charge < -0.3 is 40.0 Å². The smallest absolute Gasteiger partial charge is 0.529 e. The second kappa shape index (κ2) is 15.4. The van der Waals surface area contributed by atoms with Crippen LogP contribution in [0.4, 0.5) is 9.59 Å². The van der Waals surface area contributed by atoms with Crippen molar-refractivity contribution in [2.75, 3.05) is 26.2 Å². The van der Waals surface area contributed by atoms with Crippen molar-refractivity contribution in [1.29, 1.82) is 0 Å². The molecule has 0 bridgehead atoms. The highest BCUT2D eigenvalue weighted by atomic mass is 16.6. The molecule has 0 spiro atoms. The van der Waals surface area contributed by atoms with Crippen LogP contribution in [0.5, 0.6) is 11.5 Å². The van der Waals surface area contributed by atoms with Crippen LogP contribution >= 0.6 is 0 Å². The molecule has 0 unspecified atom stereocenters. The van der Waals surface area contributed by atoms with Gasteiger partial charge in [-0.25, -0.2) is 9.59 Å². The summed E-state index contributed by atoms with van der Waals surface area (Å²) in [7, 11) is -0.0796. The third-order valence-corrected chi connectivity index (χ3v) is 4.84. The second-order valence-corrected chi connectivity index (χ2v) is 10.8. The van der Waals surface area contributed by atoms with Crippen molar-refractivity contribution < 1.29 is 38.0 Å². The number of alkyl carbamates (subject to hydrolysis) is 2. The summed E-state index contributed by atoms with van der Waals surface area (Å²) in [6, 6.07) is 13.0. The summed E-state index contributed by atoms with van der Waals surface area (Å²) in [6.45, 7) is 11.6. The molecule has 2 aromatic carbocycles. The topological polar surface area (TPSA) is 153 Å². The first-order chi connectivity index (χ1) is 19.2. The van der Waals surface area contributed by atoms with Crippen LogP contribution in [-0.2, 0) is 9.47 Å². The van der Waals surface area contributed by atoms with E-state index in [2.05, 4.69) is 21.3 Å². The molecule has 0 aromatic heterocycles. The standard InChI is InChI=1S/C28H39BN4O8/c1-27(2,3)38-25(36)32-17-15-30-23(34)19-7-11-21(12-8-19)40-29-41-22-13-9-20(10-14-22)24(35)31-16-18-33-26(37)39-28(4,5)6/h7-14,29H,15-18H2,1-6H3,(H,30,34)(H,31,35)(H,32,36)(H,33,37). The van der Waals surface area contributed by atoms with Gasteiger partial charge in [-0.2, -0.15) is 0 Å². The summed E-state index contributed by atoms with van der Waals surface area (Å²) in [5, 5.41) is 10.6. The fourth-order valence-corrected chi connectivity index (χ4v) is 3.08. The van der Waals surface area contributed by atoms with E-state index in [0.29, 0.717) is 22.6 Å². The molecule has 0 saturated heterocycles. The molecular formula is C28H39BN4O8. The predicted molar refractivity (Wildman–Crippen MR) is 154 cm³/mol. The van der Waals surface area contributed by atoms with Crippen LogP contribution in [0, 0.1) is 0 Å². The molecule has 0 aliphatic heterocycles. The zero-order chi connectivity index (χ0) is 30.5. The van der Waals surface area contributed by atoms with Gasteiger partial charge in [-0.15, -0.1) is 0 Å². The number of carbonyl (C=O) groups is 4. The third kappa shape index (κ3) is 14.0. The highest BCUT2D eigenvalue weighted by molar-refractivity contribution is 6.20. The molecule has 4 N–H and O–H groups in total. The Labute approximate surface area is 241 Å². The van der Waals surface area contributed by atoms with E-state index in [9.17, 15) is 19.2 Å². The SMILES string of the molecule is CC(C)(C)OC(=O)NCCNC(=O)c1ccc(OBOc2ccc(C(=O)NCCNC(=O)OC(C)(C)C)cc2)cc1. The van der Waals surface area contributed by atoms with Gasteiger partial charge in [0.05, 0.1) is 0 Å². The lowest BCUT2D eigenvalue weighted by atomic mass is 10.2. The maximum atomic E-state index is 12.3. The summed E-state index contributed by atoms with van der Waals surface area (Å²) in [4.78, 5) is 47.8. The van der Waals surface area contributed by atoms with Crippen molar-refractivity contribution in [2.24, 2.45) is 0 Å². The minimum atomic E-state index is -0.587. The first kappa shape index (κ1) is 32.8. The van der Waals surface area contributed by atoms with Gasteiger partial charge in [0.2, 0.25) is 0 Å². The first-order valence-corrected chi connectivity index (χ1v) is 13.2. The normalized spacial score (nSPS) is 11.0. The van der Waals surface area contributed by atoms with Gasteiger partial charge in [0.15, 0.2) is 0 Å². The van der Waals surface area contributed by atoms with E-state index in [4.69, 9.17) is 18.8 Å². The number of amides is 4. The number of benzene rings is 2. The highest BCUT2D eigenvalue weighted by Crippen LogP contribution is 2.15. The van der Waals surface area contributed by atoms with Crippen molar-refractivity contribution in [3.8, 4) is 11.5 Å². The number of nitrogens with one attached hydrogen (secondary N) is 4. The molecule has 12 nitrogen and oxygen atoms in total. The van der Waals surface area contributed by atoms with Crippen molar-refractivity contribution in [2.45, 2.75) is 52.7 Å². The molecule has 2 aromatic rings. The van der Waals surface area contributed by atoms with E-state index in [-0.39, 0.29) is 45.7 Å². The average Bonchev–Trinajstić information content (AvgIpc) is 2.87. The minimum Gasteiger partial charge on any atom is -0.529 e. The Morgan fingerprint density at radius 1 is 0.561 bits per heavy atom. The Bertz CT molecular complexity index is 1070. The van der Waals surface area contributed by atoms with Crippen LogP contribution in [0.2, 0.25) is 0 Å². The lowest BCUT2D eigenvalue weighted by molar-refractivity contribution is 0.0516. The van der Waals surface area contributed by atoms with Crippen LogP contribution in [0.3, 0.4) is 0 Å². The first-order valence-electron chi connectivity index (χ1n) is 13.2. The van der Waals surface area contributed by atoms with Crippen LogP contribution in [-0.4, -0.2) is 69.1 Å². The molecular weight excluding hydrogens is 531 g/mol. The number of rotatable bonds is 12. The summed E-state index contributed by atoms with van der Waals surface area (Å²) >= 11 is 0. The fraction of sp³-hybridized carbons (Fsp3) is 0.429. The van der Waals surface area contributed by atoms with Crippen molar-refractivity contribution in [3.63, 3.8) is 0 Å². The van der Waals surface area contributed by atoms with Gasteiger partial charge >= 0.3 is 19.9 Å². The number of hydrogen-bond donors (Lipinski definition) is 4. The molecule has 13 heteroatoms. The summed E-state index contributed by atoms with van der Waals surface area (Å²) < 4.78 is 21.4. The predicted octanol–water partition coefficient (Wildman–Crippen LogP) is 2.92. The van der Waals surface area contributed by atoms with E-state index in [1.165, 1.54) is 0 Å². The van der Waals surface area contributed by atoms with E-state index < -0.39 is 23.4 Å². The molecule has 0 aliphatic rings. The van der Waals surface area contributed by atoms with Crippen molar-refractivity contribution in [1.82, 2.24) is 21.3 Å². The zero-order valence-corrected chi connectivity index (χ0v) is 24.4. The Morgan fingerprint density at radius 2 is 0.878 bits per heavy atom. The maximum absolute atomic E-state index is 12.3. The van der Waals surface area contributed by atoms with E-state index in [0.717, 1.165) is 0 Å². The highest BCUT2D eigenvalue weighted by Gasteiger charge is 2.16. The Hall–Kier alpha value is -4.42. The maximum Gasteiger partial charge on any atom is 0.576 e. The Balaban J connectivity index is 1.66. The fourth-order valence-electron chi connectivity index (χ4n) is 3.08. The summed E-state index contributed by atoms with van der Waals surface area (Å²) in [5.41, 5.74) is -0.303. The number of ether oxygens (including phenoxy) is 2. The molecule has 0 aliphatic carbocycles. The summed E-state index contributed by atoms with van der Waals surface area (Å²) in [6.07, 6.45) is -1.09. The number of carbonyl (C=O) groups excluding carboxylic acids is 4. The molecule has 0 saturated carbocycles. The number of hydrogen-bond acceptors (Lipinski definition) is 8. The quantitative estimate of drug-likeness (QED) is 0.225.